The molecule has 0 radical (unpaired) electrons. The summed E-state index contributed by atoms with van der Waals surface area (Å²) in [7, 11) is 0. The summed E-state index contributed by atoms with van der Waals surface area (Å²) in [6.07, 6.45) is 1.55. The minimum Gasteiger partial charge on any atom is -0.481 e. The van der Waals surface area contributed by atoms with E-state index in [9.17, 15) is 9.59 Å². The van der Waals surface area contributed by atoms with Crippen molar-refractivity contribution in [3.63, 3.8) is 0 Å². The Morgan fingerprint density at radius 2 is 2.29 bits per heavy atom. The van der Waals surface area contributed by atoms with E-state index in [1.165, 1.54) is 16.2 Å². The Balaban J connectivity index is 2.13. The molecule has 2 rings (SSSR count). The van der Waals surface area contributed by atoms with Gasteiger partial charge in [-0.3, -0.25) is 9.59 Å². The Hall–Kier alpha value is -2.15. The Morgan fingerprint density at radius 3 is 2.86 bits per heavy atom. The number of hydrogen-bond acceptors (Lipinski definition) is 5. The van der Waals surface area contributed by atoms with Crippen LogP contribution in [0.2, 0.25) is 0 Å². The highest BCUT2D eigenvalue weighted by atomic mass is 32.1. The fourth-order valence-electron chi connectivity index (χ4n) is 1.81. The van der Waals surface area contributed by atoms with Crippen molar-refractivity contribution in [1.82, 2.24) is 9.88 Å². The van der Waals surface area contributed by atoms with E-state index in [0.29, 0.717) is 23.0 Å². The van der Waals surface area contributed by atoms with E-state index in [-0.39, 0.29) is 12.5 Å². The van der Waals surface area contributed by atoms with Crippen LogP contribution in [0.25, 0.3) is 10.8 Å². The molecule has 1 unspecified atom stereocenters. The smallest absolute Gasteiger partial charge is 0.308 e. The molecule has 0 fully saturated rings. The number of carboxylic acid groups (broad SMARTS) is 1. The topological polar surface area (TPSA) is 83.6 Å². The Morgan fingerprint density at radius 1 is 1.52 bits per heavy atom. The molecule has 0 bridgehead atoms. The molecule has 2 heterocycles. The van der Waals surface area contributed by atoms with Gasteiger partial charge in [0.05, 0.1) is 12.2 Å². The van der Waals surface area contributed by atoms with Crippen LogP contribution in [0, 0.1) is 5.92 Å². The second-order valence-electron chi connectivity index (χ2n) is 4.60. The van der Waals surface area contributed by atoms with Gasteiger partial charge in [0.1, 0.15) is 5.69 Å². The minimum absolute atomic E-state index is 0.165. The van der Waals surface area contributed by atoms with Crippen molar-refractivity contribution in [3.8, 4) is 10.8 Å². The van der Waals surface area contributed by atoms with Gasteiger partial charge < -0.3 is 14.4 Å². The zero-order valence-corrected chi connectivity index (χ0v) is 12.6. The van der Waals surface area contributed by atoms with Gasteiger partial charge in [0.15, 0.2) is 10.8 Å². The van der Waals surface area contributed by atoms with E-state index >= 15 is 0 Å². The molecule has 2 aromatic rings. The number of carboxylic acids is 1. The summed E-state index contributed by atoms with van der Waals surface area (Å²) in [6, 6.07) is 3.53. The van der Waals surface area contributed by atoms with E-state index < -0.39 is 11.9 Å². The summed E-state index contributed by atoms with van der Waals surface area (Å²) in [4.78, 5) is 29.0. The maximum atomic E-state index is 12.4. The molecule has 2 aromatic heterocycles. The molecule has 1 N–H and O–H groups in total. The molecular formula is C14H16N2O4S. The van der Waals surface area contributed by atoms with Crippen LogP contribution in [0.3, 0.4) is 0 Å². The number of carbonyl (C=O) groups is 2. The zero-order valence-electron chi connectivity index (χ0n) is 11.8. The molecule has 1 amide bonds. The fourth-order valence-corrected chi connectivity index (χ4v) is 2.57. The molecule has 0 aliphatic heterocycles. The summed E-state index contributed by atoms with van der Waals surface area (Å²) in [6.45, 7) is 3.99. The highest BCUT2D eigenvalue weighted by Gasteiger charge is 2.22. The first-order valence-corrected chi connectivity index (χ1v) is 7.42. The number of aliphatic carboxylic acids is 1. The molecule has 0 aliphatic carbocycles. The number of amides is 1. The first-order valence-electron chi connectivity index (χ1n) is 6.54. The van der Waals surface area contributed by atoms with Crippen LogP contribution in [0.5, 0.6) is 0 Å². The summed E-state index contributed by atoms with van der Waals surface area (Å²) in [5.41, 5.74) is 0.311. The number of hydrogen-bond donors (Lipinski definition) is 1. The van der Waals surface area contributed by atoms with Gasteiger partial charge in [-0.2, -0.15) is 0 Å². The molecule has 0 saturated heterocycles. The van der Waals surface area contributed by atoms with Gasteiger partial charge in [-0.05, 0) is 19.1 Å². The van der Waals surface area contributed by atoms with E-state index in [1.807, 2.05) is 6.92 Å². The Kier molecular flexibility index (Phi) is 4.74. The van der Waals surface area contributed by atoms with Crippen LogP contribution < -0.4 is 0 Å². The lowest BCUT2D eigenvalue weighted by molar-refractivity contribution is -0.141. The van der Waals surface area contributed by atoms with Gasteiger partial charge in [0.2, 0.25) is 0 Å². The first kappa shape index (κ1) is 15.2. The molecule has 112 valence electrons. The van der Waals surface area contributed by atoms with Gasteiger partial charge >= 0.3 is 5.97 Å². The number of rotatable bonds is 6. The second kappa shape index (κ2) is 6.53. The second-order valence-corrected chi connectivity index (χ2v) is 5.46. The SMILES string of the molecule is CCN(CC(C)C(=O)O)C(=O)c1csc(-c2ccco2)n1. The van der Waals surface area contributed by atoms with Crippen LogP contribution in [-0.4, -0.2) is 40.0 Å². The zero-order chi connectivity index (χ0) is 15.4. The molecule has 0 spiro atoms. The number of thiazole rings is 1. The third kappa shape index (κ3) is 3.49. The molecule has 1 atom stereocenters. The largest absolute Gasteiger partial charge is 0.481 e. The molecule has 0 aromatic carbocycles. The lowest BCUT2D eigenvalue weighted by atomic mass is 10.1. The van der Waals surface area contributed by atoms with Crippen molar-refractivity contribution in [2.45, 2.75) is 13.8 Å². The highest BCUT2D eigenvalue weighted by molar-refractivity contribution is 7.13. The molecule has 6 nitrogen and oxygen atoms in total. The van der Waals surface area contributed by atoms with Gasteiger partial charge in [0.25, 0.3) is 5.91 Å². The van der Waals surface area contributed by atoms with E-state index in [2.05, 4.69) is 4.98 Å². The van der Waals surface area contributed by atoms with Crippen LogP contribution in [0.4, 0.5) is 0 Å². The lowest BCUT2D eigenvalue weighted by Crippen LogP contribution is -2.36. The number of carbonyl (C=O) groups excluding carboxylic acids is 1. The standard InChI is InChI=1S/C14H16N2O4S/c1-3-16(7-9(2)14(18)19)13(17)10-8-21-12(15-10)11-5-4-6-20-11/h4-6,8-9H,3,7H2,1-2H3,(H,18,19). The maximum Gasteiger partial charge on any atom is 0.308 e. The third-order valence-electron chi connectivity index (χ3n) is 3.04. The van der Waals surface area contributed by atoms with Crippen LogP contribution in [0.15, 0.2) is 28.2 Å². The first-order chi connectivity index (χ1) is 10.0. The van der Waals surface area contributed by atoms with Crippen molar-refractivity contribution < 1.29 is 19.1 Å². The number of nitrogens with zero attached hydrogens (tertiary/aromatic N) is 2. The predicted octanol–water partition coefficient (Wildman–Crippen LogP) is 2.59. The van der Waals surface area contributed by atoms with Gasteiger partial charge in [-0.15, -0.1) is 11.3 Å². The monoisotopic (exact) mass is 308 g/mol. The third-order valence-corrected chi connectivity index (χ3v) is 3.90. The molecule has 21 heavy (non-hydrogen) atoms. The molecule has 0 aliphatic rings. The summed E-state index contributed by atoms with van der Waals surface area (Å²) < 4.78 is 5.24. The van der Waals surface area contributed by atoms with Crippen molar-refractivity contribution in [1.29, 1.82) is 0 Å². The molecule has 0 saturated carbocycles. The van der Waals surface area contributed by atoms with E-state index in [1.54, 1.807) is 30.7 Å². The van der Waals surface area contributed by atoms with Crippen LogP contribution in [0.1, 0.15) is 24.3 Å². The average molecular weight is 308 g/mol. The lowest BCUT2D eigenvalue weighted by Gasteiger charge is -2.21. The Bertz CT molecular complexity index is 621. The average Bonchev–Trinajstić information content (AvgIpc) is 3.13. The van der Waals surface area contributed by atoms with E-state index in [4.69, 9.17) is 9.52 Å². The summed E-state index contributed by atoms with van der Waals surface area (Å²) in [5, 5.41) is 11.2. The quantitative estimate of drug-likeness (QED) is 0.886. The summed E-state index contributed by atoms with van der Waals surface area (Å²) >= 11 is 1.32. The van der Waals surface area contributed by atoms with E-state index in [0.717, 1.165) is 0 Å². The summed E-state index contributed by atoms with van der Waals surface area (Å²) in [5.74, 6) is -1.19. The Labute approximate surface area is 126 Å². The normalized spacial score (nSPS) is 12.1. The van der Waals surface area contributed by atoms with Crippen molar-refractivity contribution in [3.05, 3.63) is 29.5 Å². The molecule has 7 heteroatoms. The highest BCUT2D eigenvalue weighted by Crippen LogP contribution is 2.24. The van der Waals surface area contributed by atoms with Gasteiger partial charge in [-0.1, -0.05) is 6.92 Å². The predicted molar refractivity (Wildman–Crippen MR) is 78.2 cm³/mol. The van der Waals surface area contributed by atoms with Gasteiger partial charge in [-0.25, -0.2) is 4.98 Å². The fraction of sp³-hybridized carbons (Fsp3) is 0.357. The maximum absolute atomic E-state index is 12.4. The van der Waals surface area contributed by atoms with Crippen LogP contribution in [-0.2, 0) is 4.79 Å². The van der Waals surface area contributed by atoms with Crippen molar-refractivity contribution in [2.24, 2.45) is 5.92 Å². The molecular weight excluding hydrogens is 292 g/mol. The van der Waals surface area contributed by atoms with Gasteiger partial charge in [0, 0.05) is 18.5 Å². The number of aromatic nitrogens is 1. The number of furan rings is 1. The van der Waals surface area contributed by atoms with Crippen molar-refractivity contribution in [2.75, 3.05) is 13.1 Å². The van der Waals surface area contributed by atoms with Crippen molar-refractivity contribution >= 4 is 23.2 Å². The van der Waals surface area contributed by atoms with Crippen LogP contribution >= 0.6 is 11.3 Å². The minimum atomic E-state index is -0.921.